The molecular formula is C26H19Cl2NO5. The number of ketones is 1. The number of fused-ring (bicyclic) bond motifs is 2. The van der Waals surface area contributed by atoms with Crippen LogP contribution in [0.1, 0.15) is 23.1 Å². The molecule has 0 fully saturated rings. The molecule has 0 unspecified atom stereocenters. The molecule has 3 aromatic rings. The Morgan fingerprint density at radius 3 is 2.53 bits per heavy atom. The van der Waals surface area contributed by atoms with Crippen LogP contribution in [0.5, 0.6) is 11.5 Å². The van der Waals surface area contributed by atoms with E-state index in [-0.39, 0.29) is 13.3 Å². The van der Waals surface area contributed by atoms with Gasteiger partial charge in [-0.2, -0.15) is 0 Å². The minimum Gasteiger partial charge on any atom is -0.454 e. The number of amides is 1. The highest BCUT2D eigenvalue weighted by Gasteiger charge is 2.50. The summed E-state index contributed by atoms with van der Waals surface area (Å²) < 4.78 is 10.6. The van der Waals surface area contributed by atoms with Crippen molar-refractivity contribution in [3.8, 4) is 11.5 Å². The minimum atomic E-state index is -2.02. The average molecular weight is 496 g/mol. The number of halogens is 2. The normalized spacial score (nSPS) is 18.6. The molecule has 6 nitrogen and oxygen atoms in total. The molecule has 3 aromatic carbocycles. The molecule has 1 N–H and O–H groups in total. The van der Waals surface area contributed by atoms with Gasteiger partial charge in [0.2, 0.25) is 6.79 Å². The van der Waals surface area contributed by atoms with Gasteiger partial charge in [-0.15, -0.1) is 0 Å². The summed E-state index contributed by atoms with van der Waals surface area (Å²) in [5.41, 5.74) is 0.360. The molecule has 0 saturated carbocycles. The van der Waals surface area contributed by atoms with E-state index in [1.807, 2.05) is 12.1 Å². The Morgan fingerprint density at radius 2 is 1.74 bits per heavy atom. The second kappa shape index (κ2) is 8.80. The van der Waals surface area contributed by atoms with Crippen LogP contribution >= 0.6 is 23.2 Å². The first kappa shape index (κ1) is 22.5. The number of carbonyl (C=O) groups is 2. The third-order valence-electron chi connectivity index (χ3n) is 5.84. The molecule has 0 bridgehead atoms. The van der Waals surface area contributed by atoms with E-state index in [2.05, 4.69) is 0 Å². The molecule has 2 heterocycles. The number of carbonyl (C=O) groups excluding carboxylic acids is 2. The summed E-state index contributed by atoms with van der Waals surface area (Å²) in [5.74, 6) is 0.251. The summed E-state index contributed by atoms with van der Waals surface area (Å²) in [5, 5.41) is 12.4. The van der Waals surface area contributed by atoms with Crippen molar-refractivity contribution in [2.24, 2.45) is 0 Å². The zero-order valence-corrected chi connectivity index (χ0v) is 19.3. The molecule has 8 heteroatoms. The number of anilines is 1. The predicted molar refractivity (Wildman–Crippen MR) is 129 cm³/mol. The molecule has 172 valence electrons. The lowest BCUT2D eigenvalue weighted by molar-refractivity contribution is -0.140. The predicted octanol–water partition coefficient (Wildman–Crippen LogP) is 5.13. The highest BCUT2D eigenvalue weighted by atomic mass is 35.5. The number of hydrogen-bond donors (Lipinski definition) is 1. The summed E-state index contributed by atoms with van der Waals surface area (Å²) >= 11 is 12.1. The van der Waals surface area contributed by atoms with Crippen LogP contribution in [0.3, 0.4) is 0 Å². The maximum absolute atomic E-state index is 13.4. The Kier molecular flexibility index (Phi) is 5.81. The third-order valence-corrected chi connectivity index (χ3v) is 6.32. The minimum absolute atomic E-state index is 0.158. The second-order valence-electron chi connectivity index (χ2n) is 8.13. The Labute approximate surface area is 205 Å². The number of hydrogen-bond acceptors (Lipinski definition) is 5. The van der Waals surface area contributed by atoms with Gasteiger partial charge in [0.05, 0.1) is 18.7 Å². The van der Waals surface area contributed by atoms with E-state index >= 15 is 0 Å². The van der Waals surface area contributed by atoms with E-state index in [0.29, 0.717) is 32.8 Å². The van der Waals surface area contributed by atoms with Crippen molar-refractivity contribution in [3.05, 3.63) is 93.5 Å². The lowest BCUT2D eigenvalue weighted by atomic mass is 9.89. The van der Waals surface area contributed by atoms with Crippen LogP contribution in [0.4, 0.5) is 5.69 Å². The Balaban J connectivity index is 1.40. The van der Waals surface area contributed by atoms with E-state index in [9.17, 15) is 14.7 Å². The summed E-state index contributed by atoms with van der Waals surface area (Å²) in [6.07, 6.45) is 2.53. The molecule has 0 saturated heterocycles. The lowest BCUT2D eigenvalue weighted by Crippen LogP contribution is -2.41. The number of nitrogens with zero attached hydrogens (tertiary/aromatic N) is 1. The van der Waals surface area contributed by atoms with E-state index < -0.39 is 23.7 Å². The molecule has 1 amide bonds. The first-order valence-corrected chi connectivity index (χ1v) is 11.3. The molecule has 1 atom stereocenters. The van der Waals surface area contributed by atoms with Crippen molar-refractivity contribution in [1.82, 2.24) is 0 Å². The zero-order valence-electron chi connectivity index (χ0n) is 17.8. The molecule has 0 radical (unpaired) electrons. The van der Waals surface area contributed by atoms with Crippen LogP contribution in [0.15, 0.2) is 66.7 Å². The quantitative estimate of drug-likeness (QED) is 0.479. The van der Waals surface area contributed by atoms with Crippen LogP contribution in [-0.4, -0.2) is 23.6 Å². The second-order valence-corrected chi connectivity index (χ2v) is 9.00. The summed E-state index contributed by atoms with van der Waals surface area (Å²) in [6, 6.07) is 17.2. The largest absolute Gasteiger partial charge is 0.454 e. The van der Waals surface area contributed by atoms with Crippen molar-refractivity contribution in [1.29, 1.82) is 0 Å². The van der Waals surface area contributed by atoms with Gasteiger partial charge < -0.3 is 19.5 Å². The van der Waals surface area contributed by atoms with Gasteiger partial charge in [0.1, 0.15) is 0 Å². The first-order chi connectivity index (χ1) is 16.3. The number of benzene rings is 3. The topological polar surface area (TPSA) is 76.1 Å². The SMILES string of the molecule is O=C(/C=C/c1ccc2c(c1)OCO2)C[C@@]1(O)C(=O)N(Cc2ccc(Cl)cc2)c2ccc(Cl)cc21. The summed E-state index contributed by atoms with van der Waals surface area (Å²) in [4.78, 5) is 27.7. The lowest BCUT2D eigenvalue weighted by Gasteiger charge is -2.22. The first-order valence-electron chi connectivity index (χ1n) is 10.5. The zero-order chi connectivity index (χ0) is 23.9. The van der Waals surface area contributed by atoms with E-state index in [0.717, 1.165) is 11.1 Å². The molecule has 2 aliphatic rings. The van der Waals surface area contributed by atoms with Crippen LogP contribution in [0.2, 0.25) is 10.0 Å². The van der Waals surface area contributed by atoms with Crippen molar-refractivity contribution < 1.29 is 24.2 Å². The van der Waals surface area contributed by atoms with E-state index in [1.165, 1.54) is 17.0 Å². The highest BCUT2D eigenvalue weighted by molar-refractivity contribution is 6.31. The van der Waals surface area contributed by atoms with Gasteiger partial charge in [-0.25, -0.2) is 0 Å². The average Bonchev–Trinajstić information content (AvgIpc) is 3.36. The molecule has 2 aliphatic heterocycles. The Bertz CT molecular complexity index is 1320. The van der Waals surface area contributed by atoms with Crippen LogP contribution in [-0.2, 0) is 21.7 Å². The number of rotatable bonds is 6. The molecule has 0 spiro atoms. The fraction of sp³-hybridized carbons (Fsp3) is 0.154. The number of aliphatic hydroxyl groups is 1. The molecule has 5 rings (SSSR count). The van der Waals surface area contributed by atoms with Crippen molar-refractivity contribution >= 4 is 46.7 Å². The van der Waals surface area contributed by atoms with Crippen molar-refractivity contribution in [3.63, 3.8) is 0 Å². The van der Waals surface area contributed by atoms with Crippen LogP contribution < -0.4 is 14.4 Å². The van der Waals surface area contributed by atoms with Gasteiger partial charge in [-0.05, 0) is 59.7 Å². The van der Waals surface area contributed by atoms with E-state index in [4.69, 9.17) is 32.7 Å². The number of allylic oxidation sites excluding steroid dienone is 1. The smallest absolute Gasteiger partial charge is 0.264 e. The van der Waals surface area contributed by atoms with Gasteiger partial charge in [-0.1, -0.05) is 47.5 Å². The van der Waals surface area contributed by atoms with Gasteiger partial charge in [-0.3, -0.25) is 9.59 Å². The summed E-state index contributed by atoms with van der Waals surface area (Å²) in [6.45, 7) is 0.374. The summed E-state index contributed by atoms with van der Waals surface area (Å²) in [7, 11) is 0. The molecule has 0 aromatic heterocycles. The maximum Gasteiger partial charge on any atom is 0.264 e. The van der Waals surface area contributed by atoms with Gasteiger partial charge in [0.15, 0.2) is 22.9 Å². The molecular weight excluding hydrogens is 477 g/mol. The molecule has 34 heavy (non-hydrogen) atoms. The monoisotopic (exact) mass is 495 g/mol. The van der Waals surface area contributed by atoms with Gasteiger partial charge in [0.25, 0.3) is 5.91 Å². The number of ether oxygens (including phenoxy) is 2. The third kappa shape index (κ3) is 4.16. The standard InChI is InChI=1S/C26H19Cl2NO5/c27-18-5-1-17(2-6-18)14-29-22-9-7-19(28)12-21(22)26(32,25(29)31)13-20(30)8-3-16-4-10-23-24(11-16)34-15-33-23/h1-12,32H,13-15H2/b8-3+/t26-/m0/s1. The van der Waals surface area contributed by atoms with Crippen LogP contribution in [0, 0.1) is 0 Å². The molecule has 0 aliphatic carbocycles. The van der Waals surface area contributed by atoms with Crippen molar-refractivity contribution in [2.75, 3.05) is 11.7 Å². The Morgan fingerprint density at radius 1 is 1.00 bits per heavy atom. The van der Waals surface area contributed by atoms with E-state index in [1.54, 1.807) is 48.5 Å². The van der Waals surface area contributed by atoms with Crippen LogP contribution in [0.25, 0.3) is 6.08 Å². The fourth-order valence-electron chi connectivity index (χ4n) is 4.14. The maximum atomic E-state index is 13.4. The van der Waals surface area contributed by atoms with Gasteiger partial charge >= 0.3 is 0 Å². The fourth-order valence-corrected chi connectivity index (χ4v) is 4.44. The van der Waals surface area contributed by atoms with Crippen molar-refractivity contribution in [2.45, 2.75) is 18.6 Å². The van der Waals surface area contributed by atoms with Gasteiger partial charge in [0, 0.05) is 15.6 Å². The highest BCUT2D eigenvalue weighted by Crippen LogP contribution is 2.44. The Hall–Kier alpha value is -3.32.